The summed E-state index contributed by atoms with van der Waals surface area (Å²) >= 11 is 0. The van der Waals surface area contributed by atoms with E-state index in [0.717, 1.165) is 32.1 Å². The van der Waals surface area contributed by atoms with Crippen molar-refractivity contribution in [1.82, 2.24) is 9.62 Å². The van der Waals surface area contributed by atoms with Crippen molar-refractivity contribution in [2.45, 2.75) is 50.0 Å². The third kappa shape index (κ3) is 5.40. The molecule has 0 bridgehead atoms. The Morgan fingerprint density at radius 1 is 1.10 bits per heavy atom. The molecule has 1 atom stereocenters. The molecular formula is C23H30N2O4S. The van der Waals surface area contributed by atoms with Gasteiger partial charge in [0.15, 0.2) is 0 Å². The second-order valence-electron chi connectivity index (χ2n) is 7.73. The molecule has 1 saturated heterocycles. The largest absolute Gasteiger partial charge is 0.495 e. The van der Waals surface area contributed by atoms with Gasteiger partial charge < -0.3 is 10.1 Å². The summed E-state index contributed by atoms with van der Waals surface area (Å²) in [5, 5.41) is 2.97. The van der Waals surface area contributed by atoms with Gasteiger partial charge in [0.1, 0.15) is 10.6 Å². The molecule has 162 valence electrons. The van der Waals surface area contributed by atoms with Crippen LogP contribution in [0.3, 0.4) is 0 Å². The van der Waals surface area contributed by atoms with Crippen LogP contribution in [0.1, 0.15) is 48.5 Å². The minimum absolute atomic E-state index is 0.0399. The van der Waals surface area contributed by atoms with Crippen LogP contribution in [0, 0.1) is 0 Å². The van der Waals surface area contributed by atoms with Crippen molar-refractivity contribution in [2.75, 3.05) is 20.2 Å². The number of ether oxygens (including phenoxy) is 1. The Morgan fingerprint density at radius 3 is 2.47 bits per heavy atom. The topological polar surface area (TPSA) is 75.7 Å². The maximum absolute atomic E-state index is 13.1. The Hall–Kier alpha value is -2.38. The van der Waals surface area contributed by atoms with Crippen molar-refractivity contribution in [3.05, 3.63) is 59.7 Å². The lowest BCUT2D eigenvalue weighted by atomic mass is 10.1. The van der Waals surface area contributed by atoms with Gasteiger partial charge in [-0.3, -0.25) is 4.79 Å². The minimum atomic E-state index is -3.71. The molecule has 0 aliphatic carbocycles. The number of piperidine rings is 1. The molecule has 0 saturated carbocycles. The van der Waals surface area contributed by atoms with E-state index in [2.05, 4.69) is 17.4 Å². The van der Waals surface area contributed by atoms with Gasteiger partial charge in [0.2, 0.25) is 10.0 Å². The maximum atomic E-state index is 13.1. The van der Waals surface area contributed by atoms with Gasteiger partial charge in [-0.2, -0.15) is 4.31 Å². The quantitative estimate of drug-likeness (QED) is 0.694. The molecule has 1 heterocycles. The third-order valence-electron chi connectivity index (χ3n) is 5.45. The highest BCUT2D eigenvalue weighted by Gasteiger charge is 2.29. The molecule has 1 aliphatic heterocycles. The number of hydrogen-bond acceptors (Lipinski definition) is 4. The fourth-order valence-electron chi connectivity index (χ4n) is 3.67. The van der Waals surface area contributed by atoms with Gasteiger partial charge in [0.05, 0.1) is 7.11 Å². The summed E-state index contributed by atoms with van der Waals surface area (Å²) in [6.45, 7) is 2.95. The van der Waals surface area contributed by atoms with Gasteiger partial charge in [0, 0.05) is 24.7 Å². The second-order valence-corrected chi connectivity index (χ2v) is 9.64. The number of benzene rings is 2. The van der Waals surface area contributed by atoms with Crippen LogP contribution in [0.5, 0.6) is 5.75 Å². The van der Waals surface area contributed by atoms with Crippen LogP contribution >= 0.6 is 0 Å². The van der Waals surface area contributed by atoms with E-state index in [9.17, 15) is 13.2 Å². The number of aryl methyl sites for hydroxylation is 1. The van der Waals surface area contributed by atoms with Crippen molar-refractivity contribution < 1.29 is 17.9 Å². The van der Waals surface area contributed by atoms with Gasteiger partial charge in [-0.25, -0.2) is 8.42 Å². The second kappa shape index (κ2) is 10.1. The molecule has 1 unspecified atom stereocenters. The van der Waals surface area contributed by atoms with Crippen LogP contribution in [0.4, 0.5) is 0 Å². The number of hydrogen-bond donors (Lipinski definition) is 1. The van der Waals surface area contributed by atoms with Crippen LogP contribution in [-0.2, 0) is 16.4 Å². The van der Waals surface area contributed by atoms with Gasteiger partial charge in [-0.15, -0.1) is 0 Å². The third-order valence-corrected chi connectivity index (χ3v) is 7.36. The highest BCUT2D eigenvalue weighted by atomic mass is 32.2. The summed E-state index contributed by atoms with van der Waals surface area (Å²) in [7, 11) is -2.27. The highest BCUT2D eigenvalue weighted by molar-refractivity contribution is 7.89. The van der Waals surface area contributed by atoms with E-state index in [4.69, 9.17) is 4.74 Å². The van der Waals surface area contributed by atoms with Crippen LogP contribution in [0.25, 0.3) is 0 Å². The number of carbonyl (C=O) groups excluding carboxylic acids is 1. The Morgan fingerprint density at radius 2 is 1.80 bits per heavy atom. The van der Waals surface area contributed by atoms with Crippen LogP contribution < -0.4 is 10.1 Å². The van der Waals surface area contributed by atoms with Gasteiger partial charge in [0.25, 0.3) is 5.91 Å². The predicted octanol–water partition coefficient (Wildman–Crippen LogP) is 3.62. The summed E-state index contributed by atoms with van der Waals surface area (Å²) < 4.78 is 33.0. The minimum Gasteiger partial charge on any atom is -0.495 e. The Kier molecular flexibility index (Phi) is 7.50. The molecule has 1 amide bonds. The molecule has 0 aromatic heterocycles. The first kappa shape index (κ1) is 22.3. The van der Waals surface area contributed by atoms with Crippen LogP contribution in [-0.4, -0.2) is 44.9 Å². The zero-order chi connectivity index (χ0) is 21.6. The summed E-state index contributed by atoms with van der Waals surface area (Å²) in [6.07, 6.45) is 4.39. The van der Waals surface area contributed by atoms with E-state index in [-0.39, 0.29) is 22.6 Å². The Labute approximate surface area is 179 Å². The normalized spacial score (nSPS) is 16.1. The van der Waals surface area contributed by atoms with Crippen LogP contribution in [0.2, 0.25) is 0 Å². The number of sulfonamides is 1. The fraction of sp³-hybridized carbons (Fsp3) is 0.435. The van der Waals surface area contributed by atoms with Gasteiger partial charge in [-0.05, 0) is 56.4 Å². The summed E-state index contributed by atoms with van der Waals surface area (Å²) in [5.41, 5.74) is 1.54. The number of methoxy groups -OCH3 is 1. The van der Waals surface area contributed by atoms with Crippen molar-refractivity contribution in [3.63, 3.8) is 0 Å². The molecule has 7 heteroatoms. The molecular weight excluding hydrogens is 400 g/mol. The van der Waals surface area contributed by atoms with E-state index < -0.39 is 10.0 Å². The summed E-state index contributed by atoms with van der Waals surface area (Å²) in [5.74, 6) is -0.0254. The van der Waals surface area contributed by atoms with Gasteiger partial charge in [-0.1, -0.05) is 36.8 Å². The first-order valence-electron chi connectivity index (χ1n) is 10.4. The number of nitrogens with one attached hydrogen (secondary N) is 1. The Bertz CT molecular complexity index is 954. The zero-order valence-electron chi connectivity index (χ0n) is 17.6. The monoisotopic (exact) mass is 430 g/mol. The molecule has 2 aromatic rings. The summed E-state index contributed by atoms with van der Waals surface area (Å²) in [6, 6.07) is 14.7. The predicted molar refractivity (Wildman–Crippen MR) is 117 cm³/mol. The van der Waals surface area contributed by atoms with E-state index >= 15 is 0 Å². The standard InChI is InChI=1S/C23H30N2O4S/c1-18(11-12-19-9-5-3-6-10-19)24-23(26)20-13-14-21(29-2)22(17-20)30(27,28)25-15-7-4-8-16-25/h3,5-6,9-10,13-14,17-18H,4,7-8,11-12,15-16H2,1-2H3,(H,24,26). The van der Waals surface area contributed by atoms with Gasteiger partial charge >= 0.3 is 0 Å². The lowest BCUT2D eigenvalue weighted by Gasteiger charge is -2.26. The molecule has 2 aromatic carbocycles. The smallest absolute Gasteiger partial charge is 0.251 e. The maximum Gasteiger partial charge on any atom is 0.251 e. The highest BCUT2D eigenvalue weighted by Crippen LogP contribution is 2.29. The number of carbonyl (C=O) groups is 1. The zero-order valence-corrected chi connectivity index (χ0v) is 18.5. The lowest BCUT2D eigenvalue weighted by Crippen LogP contribution is -2.36. The van der Waals surface area contributed by atoms with Crippen molar-refractivity contribution in [1.29, 1.82) is 0 Å². The number of rotatable bonds is 8. The van der Waals surface area contributed by atoms with E-state index in [0.29, 0.717) is 18.7 Å². The fourth-order valence-corrected chi connectivity index (χ4v) is 5.37. The average Bonchev–Trinajstić information content (AvgIpc) is 2.78. The van der Waals surface area contributed by atoms with Crippen LogP contribution in [0.15, 0.2) is 53.4 Å². The molecule has 0 radical (unpaired) electrons. The first-order valence-corrected chi connectivity index (χ1v) is 11.9. The SMILES string of the molecule is COc1ccc(C(=O)NC(C)CCc2ccccc2)cc1S(=O)(=O)N1CCCCC1. The van der Waals surface area contributed by atoms with Crippen molar-refractivity contribution >= 4 is 15.9 Å². The number of nitrogens with zero attached hydrogens (tertiary/aromatic N) is 1. The average molecular weight is 431 g/mol. The van der Waals surface area contributed by atoms with E-state index in [1.165, 1.54) is 23.0 Å². The summed E-state index contributed by atoms with van der Waals surface area (Å²) in [4.78, 5) is 12.8. The van der Waals surface area contributed by atoms with E-state index in [1.54, 1.807) is 12.1 Å². The molecule has 6 nitrogen and oxygen atoms in total. The molecule has 1 fully saturated rings. The van der Waals surface area contributed by atoms with E-state index in [1.807, 2.05) is 25.1 Å². The van der Waals surface area contributed by atoms with Crippen molar-refractivity contribution in [2.24, 2.45) is 0 Å². The molecule has 3 rings (SSSR count). The van der Waals surface area contributed by atoms with Crippen molar-refractivity contribution in [3.8, 4) is 5.75 Å². The first-order chi connectivity index (χ1) is 14.4. The molecule has 1 aliphatic rings. The molecule has 0 spiro atoms. The Balaban J connectivity index is 1.72. The lowest BCUT2D eigenvalue weighted by molar-refractivity contribution is 0.0938. The number of amides is 1. The molecule has 30 heavy (non-hydrogen) atoms. The molecule has 1 N–H and O–H groups in total.